The molecule has 1 saturated heterocycles. The number of aliphatic hydroxyl groups is 1. The maximum Gasteiger partial charge on any atom is 0.300 e. The van der Waals surface area contributed by atoms with Gasteiger partial charge in [-0.25, -0.2) is 0 Å². The number of nitrogens with zero attached hydrogens (tertiary/aromatic N) is 2. The van der Waals surface area contributed by atoms with Crippen molar-refractivity contribution < 1.29 is 24.2 Å². The van der Waals surface area contributed by atoms with E-state index in [1.807, 2.05) is 6.92 Å². The topological polar surface area (TPSA) is 109 Å². The highest BCUT2D eigenvalue weighted by Gasteiger charge is 2.47. The molecule has 1 aromatic heterocycles. The standard InChI is InChI=1S/C26H23N3O5/c1-3-34-21-9-7-18(8-10-21)24(31)22-23(17-11-13-27-14-12-17)29(26(33)25(22)32)20-6-4-5-19(15-20)28-16(2)30/h4-15,23,31H,3H2,1-2H3,(H,28,30)/b24-22+. The number of aromatic nitrogens is 1. The predicted octanol–water partition coefficient (Wildman–Crippen LogP) is 4.07. The molecular formula is C26H23N3O5. The van der Waals surface area contributed by atoms with E-state index in [1.54, 1.807) is 73.1 Å². The summed E-state index contributed by atoms with van der Waals surface area (Å²) in [5, 5.41) is 13.8. The first-order valence-corrected chi connectivity index (χ1v) is 10.7. The SMILES string of the molecule is CCOc1ccc(/C(O)=C2\C(=O)C(=O)N(c3cccc(NC(C)=O)c3)C2c2ccncc2)cc1. The van der Waals surface area contributed by atoms with Crippen molar-refractivity contribution in [3.8, 4) is 5.75 Å². The van der Waals surface area contributed by atoms with Gasteiger partial charge in [0, 0.05) is 36.3 Å². The molecule has 34 heavy (non-hydrogen) atoms. The van der Waals surface area contributed by atoms with Crippen LogP contribution in [0.5, 0.6) is 5.75 Å². The number of benzene rings is 2. The number of carbonyl (C=O) groups is 3. The van der Waals surface area contributed by atoms with Gasteiger partial charge in [0.2, 0.25) is 5.91 Å². The van der Waals surface area contributed by atoms with Gasteiger partial charge in [-0.05, 0) is 67.1 Å². The lowest BCUT2D eigenvalue weighted by atomic mass is 9.95. The van der Waals surface area contributed by atoms with Gasteiger partial charge < -0.3 is 15.2 Å². The predicted molar refractivity (Wildman–Crippen MR) is 127 cm³/mol. The third-order valence-corrected chi connectivity index (χ3v) is 5.35. The Hall–Kier alpha value is -4.46. The van der Waals surface area contributed by atoms with Crippen LogP contribution in [0.15, 0.2) is 78.6 Å². The Kier molecular flexibility index (Phi) is 6.40. The molecular weight excluding hydrogens is 434 g/mol. The number of nitrogens with one attached hydrogen (secondary N) is 1. The van der Waals surface area contributed by atoms with Crippen LogP contribution in [0.2, 0.25) is 0 Å². The summed E-state index contributed by atoms with van der Waals surface area (Å²) in [6, 6.07) is 15.8. The lowest BCUT2D eigenvalue weighted by Crippen LogP contribution is -2.29. The number of carbonyl (C=O) groups excluding carboxylic acids is 3. The molecule has 1 unspecified atom stereocenters. The highest BCUT2D eigenvalue weighted by atomic mass is 16.5. The summed E-state index contributed by atoms with van der Waals surface area (Å²) in [5.74, 6) is -1.52. The van der Waals surface area contributed by atoms with E-state index in [0.717, 1.165) is 0 Å². The molecule has 1 aliphatic heterocycles. The van der Waals surface area contributed by atoms with Gasteiger partial charge in [0.15, 0.2) is 0 Å². The van der Waals surface area contributed by atoms with Crippen molar-refractivity contribution >= 4 is 34.7 Å². The quantitative estimate of drug-likeness (QED) is 0.328. The van der Waals surface area contributed by atoms with Crippen molar-refractivity contribution in [1.29, 1.82) is 0 Å². The lowest BCUT2D eigenvalue weighted by molar-refractivity contribution is -0.132. The van der Waals surface area contributed by atoms with Crippen LogP contribution in [-0.2, 0) is 14.4 Å². The van der Waals surface area contributed by atoms with E-state index in [-0.39, 0.29) is 17.2 Å². The Labute approximate surface area is 196 Å². The number of ketones is 1. The van der Waals surface area contributed by atoms with Crippen molar-refractivity contribution in [2.24, 2.45) is 0 Å². The van der Waals surface area contributed by atoms with Gasteiger partial charge in [-0.2, -0.15) is 0 Å². The molecule has 0 saturated carbocycles. The van der Waals surface area contributed by atoms with Crippen LogP contribution < -0.4 is 15.0 Å². The molecule has 3 aromatic rings. The molecule has 8 heteroatoms. The lowest BCUT2D eigenvalue weighted by Gasteiger charge is -2.25. The largest absolute Gasteiger partial charge is 0.507 e. The second kappa shape index (κ2) is 9.58. The number of pyridine rings is 1. The Balaban J connectivity index is 1.86. The average Bonchev–Trinajstić information content (AvgIpc) is 3.10. The minimum Gasteiger partial charge on any atom is -0.507 e. The maximum atomic E-state index is 13.2. The number of hydrogen-bond donors (Lipinski definition) is 2. The fourth-order valence-electron chi connectivity index (χ4n) is 3.93. The molecule has 1 atom stereocenters. The highest BCUT2D eigenvalue weighted by Crippen LogP contribution is 2.42. The number of Topliss-reactive ketones (excluding diaryl/α,β-unsaturated/α-hetero) is 1. The first-order valence-electron chi connectivity index (χ1n) is 10.7. The highest BCUT2D eigenvalue weighted by molar-refractivity contribution is 6.51. The van der Waals surface area contributed by atoms with E-state index in [0.29, 0.717) is 34.9 Å². The molecule has 0 spiro atoms. The van der Waals surface area contributed by atoms with Crippen LogP contribution in [0.25, 0.3) is 5.76 Å². The first kappa shape index (κ1) is 22.7. The molecule has 0 bridgehead atoms. The molecule has 2 heterocycles. The van der Waals surface area contributed by atoms with Crippen LogP contribution in [0, 0.1) is 0 Å². The zero-order chi connectivity index (χ0) is 24.2. The van der Waals surface area contributed by atoms with Gasteiger partial charge in [0.25, 0.3) is 11.7 Å². The third-order valence-electron chi connectivity index (χ3n) is 5.35. The minimum absolute atomic E-state index is 0.0368. The average molecular weight is 457 g/mol. The molecule has 2 amide bonds. The second-order valence-corrected chi connectivity index (χ2v) is 7.64. The zero-order valence-corrected chi connectivity index (χ0v) is 18.7. The van der Waals surface area contributed by atoms with Crippen molar-refractivity contribution in [3.63, 3.8) is 0 Å². The van der Waals surface area contributed by atoms with Crippen LogP contribution >= 0.6 is 0 Å². The fraction of sp³-hybridized carbons (Fsp3) is 0.154. The number of amides is 2. The second-order valence-electron chi connectivity index (χ2n) is 7.64. The Morgan fingerprint density at radius 1 is 1.09 bits per heavy atom. The van der Waals surface area contributed by atoms with Gasteiger partial charge in [-0.3, -0.25) is 24.3 Å². The van der Waals surface area contributed by atoms with Gasteiger partial charge >= 0.3 is 0 Å². The molecule has 1 fully saturated rings. The number of aliphatic hydroxyl groups excluding tert-OH is 1. The molecule has 1 aliphatic rings. The van der Waals surface area contributed by atoms with E-state index >= 15 is 0 Å². The minimum atomic E-state index is -0.887. The summed E-state index contributed by atoms with van der Waals surface area (Å²) in [6.45, 7) is 3.74. The molecule has 172 valence electrons. The van der Waals surface area contributed by atoms with E-state index in [9.17, 15) is 19.5 Å². The fourth-order valence-corrected chi connectivity index (χ4v) is 3.93. The summed E-state index contributed by atoms with van der Waals surface area (Å²) >= 11 is 0. The summed E-state index contributed by atoms with van der Waals surface area (Å²) in [5.41, 5.74) is 1.83. The molecule has 4 rings (SSSR count). The molecule has 2 N–H and O–H groups in total. The summed E-state index contributed by atoms with van der Waals surface area (Å²) in [6.07, 6.45) is 3.11. The van der Waals surface area contributed by atoms with Gasteiger partial charge in [-0.1, -0.05) is 6.07 Å². The van der Waals surface area contributed by atoms with Crippen molar-refractivity contribution in [1.82, 2.24) is 4.98 Å². The normalized spacial score (nSPS) is 17.0. The smallest absolute Gasteiger partial charge is 0.300 e. The summed E-state index contributed by atoms with van der Waals surface area (Å²) in [4.78, 5) is 43.3. The van der Waals surface area contributed by atoms with Crippen LogP contribution in [0.3, 0.4) is 0 Å². The third kappa shape index (κ3) is 4.38. The number of anilines is 2. The van der Waals surface area contributed by atoms with Crippen molar-refractivity contribution in [2.75, 3.05) is 16.8 Å². The van der Waals surface area contributed by atoms with Crippen LogP contribution in [-0.4, -0.2) is 34.3 Å². The number of hydrogen-bond acceptors (Lipinski definition) is 6. The Morgan fingerprint density at radius 2 is 1.79 bits per heavy atom. The van der Waals surface area contributed by atoms with Crippen LogP contribution in [0.4, 0.5) is 11.4 Å². The summed E-state index contributed by atoms with van der Waals surface area (Å²) < 4.78 is 5.44. The molecule has 0 radical (unpaired) electrons. The molecule has 2 aromatic carbocycles. The van der Waals surface area contributed by atoms with E-state index in [2.05, 4.69) is 10.3 Å². The van der Waals surface area contributed by atoms with Gasteiger partial charge in [0.05, 0.1) is 18.2 Å². The van der Waals surface area contributed by atoms with Crippen LogP contribution in [0.1, 0.15) is 31.0 Å². The number of ether oxygens (including phenoxy) is 1. The Morgan fingerprint density at radius 3 is 2.44 bits per heavy atom. The number of rotatable bonds is 6. The van der Waals surface area contributed by atoms with E-state index in [1.165, 1.54) is 11.8 Å². The van der Waals surface area contributed by atoms with Crippen molar-refractivity contribution in [2.45, 2.75) is 19.9 Å². The Bertz CT molecular complexity index is 1270. The van der Waals surface area contributed by atoms with Crippen molar-refractivity contribution in [3.05, 3.63) is 89.8 Å². The first-order chi connectivity index (χ1) is 16.4. The monoisotopic (exact) mass is 457 g/mol. The van der Waals surface area contributed by atoms with Gasteiger partial charge in [0.1, 0.15) is 11.5 Å². The molecule has 8 nitrogen and oxygen atoms in total. The van der Waals surface area contributed by atoms with E-state index in [4.69, 9.17) is 4.74 Å². The molecule has 0 aliphatic carbocycles. The van der Waals surface area contributed by atoms with E-state index < -0.39 is 17.7 Å². The zero-order valence-electron chi connectivity index (χ0n) is 18.7. The maximum absolute atomic E-state index is 13.2. The van der Waals surface area contributed by atoms with Gasteiger partial charge in [-0.15, -0.1) is 0 Å². The summed E-state index contributed by atoms with van der Waals surface area (Å²) in [7, 11) is 0.